The van der Waals surface area contributed by atoms with Crippen LogP contribution in [0, 0.1) is 0 Å². The Labute approximate surface area is 110 Å². The van der Waals surface area contributed by atoms with Crippen LogP contribution in [0.1, 0.15) is 39.3 Å². The van der Waals surface area contributed by atoms with Gasteiger partial charge in [-0.15, -0.1) is 0 Å². The van der Waals surface area contributed by atoms with Gasteiger partial charge < -0.3 is 4.74 Å². The van der Waals surface area contributed by atoms with Crippen molar-refractivity contribution in [2.75, 3.05) is 7.11 Å². The molecular weight excluding hydrogens is 243 g/mol. The molecule has 2 atom stereocenters. The highest BCUT2D eigenvalue weighted by atomic mass is 19.1. The van der Waals surface area contributed by atoms with Gasteiger partial charge in [-0.2, -0.15) is 0 Å². The average Bonchev–Trinajstić information content (AvgIpc) is 2.55. The topological polar surface area (TPSA) is 26.3 Å². The second-order valence-corrected chi connectivity index (χ2v) is 4.56. The Balaban J connectivity index is 2.30. The molecule has 2 nitrogen and oxygen atoms in total. The van der Waals surface area contributed by atoms with Gasteiger partial charge in [0.2, 0.25) is 0 Å². The van der Waals surface area contributed by atoms with Crippen molar-refractivity contribution in [1.29, 1.82) is 0 Å². The predicted molar refractivity (Wildman–Crippen MR) is 69.9 cm³/mol. The maximum Gasteiger partial charge on any atom is 0.193 e. The van der Waals surface area contributed by atoms with Crippen molar-refractivity contribution in [3.63, 3.8) is 0 Å². The molecule has 0 aliphatic heterocycles. The first kappa shape index (κ1) is 12.1. The highest BCUT2D eigenvalue weighted by Gasteiger charge is 2.34. The highest BCUT2D eigenvalue weighted by molar-refractivity contribution is 6.11. The van der Waals surface area contributed by atoms with Crippen LogP contribution in [0.4, 0.5) is 4.39 Å². The van der Waals surface area contributed by atoms with E-state index in [1.165, 1.54) is 7.11 Å². The Kier molecular flexibility index (Phi) is 2.91. The third-order valence-corrected chi connectivity index (χ3v) is 3.53. The minimum atomic E-state index is -1.34. The molecule has 2 aromatic carbocycles. The van der Waals surface area contributed by atoms with E-state index < -0.39 is 12.3 Å². The summed E-state index contributed by atoms with van der Waals surface area (Å²) in [5.41, 5.74) is 1.94. The van der Waals surface area contributed by atoms with Gasteiger partial charge in [0.25, 0.3) is 0 Å². The zero-order chi connectivity index (χ0) is 13.4. The number of ether oxygens (including phenoxy) is 1. The molecule has 0 aromatic heterocycles. The average molecular weight is 256 g/mol. The van der Waals surface area contributed by atoms with E-state index in [0.29, 0.717) is 22.3 Å². The standard InChI is InChI=1S/C16H13FO2/c1-19-16-13-9-5-4-8-12(13)15(18)11-7-3-2-6-10(11)14(16)17/h2-9,14,16H,1H3. The molecule has 1 aliphatic rings. The Bertz CT molecular complexity index is 636. The lowest BCUT2D eigenvalue weighted by Crippen LogP contribution is -2.09. The molecule has 0 saturated carbocycles. The van der Waals surface area contributed by atoms with Crippen molar-refractivity contribution in [1.82, 2.24) is 0 Å². The monoisotopic (exact) mass is 256 g/mol. The summed E-state index contributed by atoms with van der Waals surface area (Å²) in [5.74, 6) is -0.145. The maximum atomic E-state index is 14.7. The molecule has 96 valence electrons. The molecule has 0 N–H and O–H groups in total. The Morgan fingerprint density at radius 1 is 0.947 bits per heavy atom. The number of hydrogen-bond donors (Lipinski definition) is 0. The quantitative estimate of drug-likeness (QED) is 0.778. The summed E-state index contributed by atoms with van der Waals surface area (Å²) in [6, 6.07) is 13.8. The van der Waals surface area contributed by atoms with E-state index in [-0.39, 0.29) is 5.78 Å². The van der Waals surface area contributed by atoms with E-state index in [0.717, 1.165) is 0 Å². The number of methoxy groups -OCH3 is 1. The molecule has 0 heterocycles. The predicted octanol–water partition coefficient (Wildman–Crippen LogP) is 3.63. The van der Waals surface area contributed by atoms with Crippen LogP contribution in [-0.2, 0) is 4.74 Å². The number of alkyl halides is 1. The second-order valence-electron chi connectivity index (χ2n) is 4.56. The van der Waals surface area contributed by atoms with Crippen molar-refractivity contribution < 1.29 is 13.9 Å². The van der Waals surface area contributed by atoms with Crippen molar-refractivity contribution >= 4 is 5.78 Å². The van der Waals surface area contributed by atoms with Crippen LogP contribution in [0.3, 0.4) is 0 Å². The zero-order valence-corrected chi connectivity index (χ0v) is 10.5. The molecule has 0 spiro atoms. The van der Waals surface area contributed by atoms with Crippen molar-refractivity contribution in [3.05, 3.63) is 70.8 Å². The fourth-order valence-electron chi connectivity index (χ4n) is 2.61. The first-order chi connectivity index (χ1) is 9.24. The lowest BCUT2D eigenvalue weighted by molar-refractivity contribution is 0.0308. The lowest BCUT2D eigenvalue weighted by Gasteiger charge is -2.19. The summed E-state index contributed by atoms with van der Waals surface area (Å²) in [6.45, 7) is 0. The SMILES string of the molecule is COC1c2ccccc2C(=O)c2ccccc2C1F. The van der Waals surface area contributed by atoms with Gasteiger partial charge in [-0.3, -0.25) is 4.79 Å². The number of benzene rings is 2. The van der Waals surface area contributed by atoms with Crippen LogP contribution >= 0.6 is 0 Å². The van der Waals surface area contributed by atoms with E-state index in [9.17, 15) is 9.18 Å². The van der Waals surface area contributed by atoms with Crippen LogP contribution in [-0.4, -0.2) is 12.9 Å². The second kappa shape index (κ2) is 4.59. The lowest BCUT2D eigenvalue weighted by atomic mass is 9.99. The molecule has 1 aliphatic carbocycles. The van der Waals surface area contributed by atoms with Gasteiger partial charge in [-0.1, -0.05) is 48.5 Å². The summed E-state index contributed by atoms with van der Waals surface area (Å²) < 4.78 is 20.0. The third-order valence-electron chi connectivity index (χ3n) is 3.53. The molecule has 0 radical (unpaired) electrons. The fraction of sp³-hybridized carbons (Fsp3) is 0.188. The van der Waals surface area contributed by atoms with E-state index in [1.807, 2.05) is 0 Å². The van der Waals surface area contributed by atoms with E-state index in [1.54, 1.807) is 48.5 Å². The van der Waals surface area contributed by atoms with Gasteiger partial charge in [0.15, 0.2) is 12.0 Å². The molecule has 19 heavy (non-hydrogen) atoms. The highest BCUT2D eigenvalue weighted by Crippen LogP contribution is 2.41. The summed E-state index contributed by atoms with van der Waals surface area (Å²) in [5, 5.41) is 0. The summed E-state index contributed by atoms with van der Waals surface area (Å²) in [7, 11) is 1.46. The molecule has 0 saturated heterocycles. The number of carbonyl (C=O) groups excluding carboxylic acids is 1. The minimum Gasteiger partial charge on any atom is -0.373 e. The van der Waals surface area contributed by atoms with E-state index >= 15 is 0 Å². The van der Waals surface area contributed by atoms with Crippen LogP contribution in [0.2, 0.25) is 0 Å². The number of halogens is 1. The van der Waals surface area contributed by atoms with Gasteiger partial charge in [0.05, 0.1) is 0 Å². The molecule has 3 rings (SSSR count). The molecule has 2 unspecified atom stereocenters. The molecular formula is C16H13FO2. The Morgan fingerprint density at radius 2 is 1.47 bits per heavy atom. The molecule has 0 bridgehead atoms. The molecule has 3 heteroatoms. The first-order valence-electron chi connectivity index (χ1n) is 6.13. The van der Waals surface area contributed by atoms with Crippen molar-refractivity contribution in [2.24, 2.45) is 0 Å². The van der Waals surface area contributed by atoms with Crippen molar-refractivity contribution in [3.8, 4) is 0 Å². The van der Waals surface area contributed by atoms with Crippen LogP contribution in [0.5, 0.6) is 0 Å². The van der Waals surface area contributed by atoms with Gasteiger partial charge in [-0.25, -0.2) is 4.39 Å². The first-order valence-corrected chi connectivity index (χ1v) is 6.13. The fourth-order valence-corrected chi connectivity index (χ4v) is 2.61. The number of ketones is 1. The number of fused-ring (bicyclic) bond motifs is 2. The van der Waals surface area contributed by atoms with Gasteiger partial charge in [0.1, 0.15) is 6.10 Å². The normalized spacial score (nSPS) is 21.5. The van der Waals surface area contributed by atoms with Gasteiger partial charge in [-0.05, 0) is 5.56 Å². The summed E-state index contributed by atoms with van der Waals surface area (Å²) in [4.78, 5) is 12.5. The Hall–Kier alpha value is -2.00. The summed E-state index contributed by atoms with van der Waals surface area (Å²) in [6.07, 6.45) is -2.09. The van der Waals surface area contributed by atoms with Crippen LogP contribution in [0.25, 0.3) is 0 Å². The number of carbonyl (C=O) groups is 1. The van der Waals surface area contributed by atoms with Crippen LogP contribution < -0.4 is 0 Å². The van der Waals surface area contributed by atoms with Crippen LogP contribution in [0.15, 0.2) is 48.5 Å². The minimum absolute atomic E-state index is 0.145. The molecule has 2 aromatic rings. The Morgan fingerprint density at radius 3 is 2.11 bits per heavy atom. The zero-order valence-electron chi connectivity index (χ0n) is 10.5. The smallest absolute Gasteiger partial charge is 0.193 e. The number of rotatable bonds is 1. The molecule has 0 fully saturated rings. The van der Waals surface area contributed by atoms with E-state index in [2.05, 4.69) is 0 Å². The van der Waals surface area contributed by atoms with E-state index in [4.69, 9.17) is 4.74 Å². The van der Waals surface area contributed by atoms with Gasteiger partial charge in [0, 0.05) is 23.8 Å². The van der Waals surface area contributed by atoms with Gasteiger partial charge >= 0.3 is 0 Å². The summed E-state index contributed by atoms with van der Waals surface area (Å²) >= 11 is 0. The third kappa shape index (κ3) is 1.78. The number of hydrogen-bond acceptors (Lipinski definition) is 2. The largest absolute Gasteiger partial charge is 0.373 e. The maximum absolute atomic E-state index is 14.7. The molecule has 0 amide bonds. The van der Waals surface area contributed by atoms with Crippen molar-refractivity contribution in [2.45, 2.75) is 12.3 Å².